The summed E-state index contributed by atoms with van der Waals surface area (Å²) in [6, 6.07) is 0. The minimum atomic E-state index is -0.765. The van der Waals surface area contributed by atoms with Crippen LogP contribution in [0, 0.1) is 0 Å². The van der Waals surface area contributed by atoms with Gasteiger partial charge in [0.2, 0.25) is 0 Å². The van der Waals surface area contributed by atoms with Crippen LogP contribution in [0.4, 0.5) is 0 Å². The lowest BCUT2D eigenvalue weighted by Crippen LogP contribution is -2.30. The Hall–Kier alpha value is -1.85. The number of carbonyl (C=O) groups excluding carboxylic acids is 3. The van der Waals surface area contributed by atoms with Crippen LogP contribution in [0.1, 0.15) is 284 Å². The van der Waals surface area contributed by atoms with Crippen molar-refractivity contribution in [3.63, 3.8) is 0 Å². The quantitative estimate of drug-likeness (QED) is 0.0263. The van der Waals surface area contributed by atoms with Gasteiger partial charge in [-0.3, -0.25) is 14.4 Å². The minimum absolute atomic E-state index is 0.0672. The normalized spacial score (nSPS) is 12.0. The van der Waals surface area contributed by atoms with E-state index in [4.69, 9.17) is 14.2 Å². The van der Waals surface area contributed by atoms with E-state index in [2.05, 4.69) is 32.9 Å². The highest BCUT2D eigenvalue weighted by molar-refractivity contribution is 5.71. The van der Waals surface area contributed by atoms with Crippen LogP contribution < -0.4 is 0 Å². The summed E-state index contributed by atoms with van der Waals surface area (Å²) >= 11 is 0. The molecule has 0 saturated carbocycles. The zero-order chi connectivity index (χ0) is 42.3. The van der Waals surface area contributed by atoms with Crippen molar-refractivity contribution in [2.45, 2.75) is 290 Å². The molecule has 58 heavy (non-hydrogen) atoms. The van der Waals surface area contributed by atoms with Crippen LogP contribution in [0.15, 0.2) is 12.2 Å². The smallest absolute Gasteiger partial charge is 0.306 e. The summed E-state index contributed by atoms with van der Waals surface area (Å²) in [6.07, 6.45) is 51.9. The Morgan fingerprint density at radius 3 is 0.897 bits per heavy atom. The van der Waals surface area contributed by atoms with E-state index in [1.165, 1.54) is 180 Å². The first-order chi connectivity index (χ1) is 28.5. The molecule has 0 bridgehead atoms. The molecule has 0 N–H and O–H groups in total. The standard InChI is InChI=1S/C52H98O6/c1-4-7-10-13-16-19-22-25-27-30-33-36-39-42-45-51(54)57-48-49(47-56-50(53)44-41-38-35-32-29-24-21-18-15-12-9-6-3)58-52(55)46-43-40-37-34-31-28-26-23-20-17-14-11-8-5-2/h18,21,49H,4-17,19-20,22-48H2,1-3H3/b21-18-/t49-/m1/s1. The van der Waals surface area contributed by atoms with Crippen LogP contribution in [0.3, 0.4) is 0 Å². The lowest BCUT2D eigenvalue weighted by molar-refractivity contribution is -0.167. The molecule has 0 aliphatic carbocycles. The van der Waals surface area contributed by atoms with E-state index in [1.807, 2.05) is 0 Å². The van der Waals surface area contributed by atoms with Crippen molar-refractivity contribution in [1.82, 2.24) is 0 Å². The number of carbonyl (C=O) groups is 3. The molecule has 0 aromatic rings. The van der Waals surface area contributed by atoms with Gasteiger partial charge in [0.1, 0.15) is 13.2 Å². The molecule has 0 rings (SSSR count). The summed E-state index contributed by atoms with van der Waals surface area (Å²) in [7, 11) is 0. The third-order valence-electron chi connectivity index (χ3n) is 11.5. The van der Waals surface area contributed by atoms with Gasteiger partial charge < -0.3 is 14.2 Å². The second-order valence-corrected chi connectivity index (χ2v) is 17.4. The van der Waals surface area contributed by atoms with Crippen molar-refractivity contribution in [2.24, 2.45) is 0 Å². The number of rotatable bonds is 47. The Morgan fingerprint density at radius 1 is 0.328 bits per heavy atom. The molecule has 6 heteroatoms. The van der Waals surface area contributed by atoms with Crippen LogP contribution in [-0.2, 0) is 28.6 Å². The molecule has 0 aromatic carbocycles. The molecule has 342 valence electrons. The Bertz CT molecular complexity index is 900. The number of ether oxygens (including phenoxy) is 3. The lowest BCUT2D eigenvalue weighted by Gasteiger charge is -2.18. The third-order valence-corrected chi connectivity index (χ3v) is 11.5. The Labute approximate surface area is 360 Å². The van der Waals surface area contributed by atoms with Gasteiger partial charge in [-0.15, -0.1) is 0 Å². The summed E-state index contributed by atoms with van der Waals surface area (Å²) in [6.45, 7) is 6.64. The van der Waals surface area contributed by atoms with E-state index in [0.717, 1.165) is 64.2 Å². The average Bonchev–Trinajstić information content (AvgIpc) is 3.22. The van der Waals surface area contributed by atoms with Crippen LogP contribution in [0.5, 0.6) is 0 Å². The summed E-state index contributed by atoms with van der Waals surface area (Å²) in [5.41, 5.74) is 0. The van der Waals surface area contributed by atoms with Gasteiger partial charge in [0.15, 0.2) is 6.10 Å². The Morgan fingerprint density at radius 2 is 0.569 bits per heavy atom. The monoisotopic (exact) mass is 819 g/mol. The summed E-state index contributed by atoms with van der Waals surface area (Å²) in [5.74, 6) is -0.860. The molecular formula is C52H98O6. The molecule has 0 saturated heterocycles. The molecule has 6 nitrogen and oxygen atoms in total. The van der Waals surface area contributed by atoms with Gasteiger partial charge in [0, 0.05) is 19.3 Å². The Kier molecular flexibility index (Phi) is 46.3. The van der Waals surface area contributed by atoms with Crippen molar-refractivity contribution in [3.05, 3.63) is 12.2 Å². The van der Waals surface area contributed by atoms with Crippen LogP contribution in [0.25, 0.3) is 0 Å². The van der Waals surface area contributed by atoms with Crippen molar-refractivity contribution in [2.75, 3.05) is 13.2 Å². The molecular weight excluding hydrogens is 721 g/mol. The van der Waals surface area contributed by atoms with Crippen molar-refractivity contribution >= 4 is 17.9 Å². The number of hydrogen-bond donors (Lipinski definition) is 0. The first-order valence-electron chi connectivity index (χ1n) is 25.7. The molecule has 0 fully saturated rings. The lowest BCUT2D eigenvalue weighted by atomic mass is 10.0. The van der Waals surface area contributed by atoms with E-state index in [9.17, 15) is 14.4 Å². The van der Waals surface area contributed by atoms with Crippen molar-refractivity contribution in [1.29, 1.82) is 0 Å². The molecule has 1 atom stereocenters. The zero-order valence-corrected chi connectivity index (χ0v) is 39.1. The number of hydrogen-bond acceptors (Lipinski definition) is 6. The van der Waals surface area contributed by atoms with Gasteiger partial charge in [-0.2, -0.15) is 0 Å². The second kappa shape index (κ2) is 47.8. The van der Waals surface area contributed by atoms with Gasteiger partial charge in [-0.05, 0) is 44.9 Å². The third kappa shape index (κ3) is 45.2. The number of unbranched alkanes of at least 4 members (excludes halogenated alkanes) is 34. The fourth-order valence-electron chi connectivity index (χ4n) is 7.61. The molecule has 0 aliphatic heterocycles. The first kappa shape index (κ1) is 56.1. The van der Waals surface area contributed by atoms with E-state index >= 15 is 0 Å². The maximum atomic E-state index is 12.8. The number of allylic oxidation sites excluding steroid dienone is 2. The highest BCUT2D eigenvalue weighted by Gasteiger charge is 2.19. The molecule has 0 heterocycles. The van der Waals surface area contributed by atoms with Gasteiger partial charge in [-0.1, -0.05) is 232 Å². The van der Waals surface area contributed by atoms with Gasteiger partial charge in [0.05, 0.1) is 0 Å². The fourth-order valence-corrected chi connectivity index (χ4v) is 7.61. The van der Waals surface area contributed by atoms with Crippen molar-refractivity contribution < 1.29 is 28.6 Å². The van der Waals surface area contributed by atoms with Crippen LogP contribution >= 0.6 is 0 Å². The molecule has 0 unspecified atom stereocenters. The maximum absolute atomic E-state index is 12.8. The summed E-state index contributed by atoms with van der Waals surface area (Å²) in [4.78, 5) is 37.9. The Balaban J connectivity index is 4.33. The highest BCUT2D eigenvalue weighted by atomic mass is 16.6. The zero-order valence-electron chi connectivity index (χ0n) is 39.1. The van der Waals surface area contributed by atoms with E-state index in [-0.39, 0.29) is 31.1 Å². The summed E-state index contributed by atoms with van der Waals surface area (Å²) in [5, 5.41) is 0. The predicted octanol–water partition coefficient (Wildman–Crippen LogP) is 16.6. The SMILES string of the molecule is CCCCC/C=C\CCCCCCCC(=O)OC[C@H](COC(=O)CCCCCCCCCCCCCCCC)OC(=O)CCCCCCCCCCCCCCCC. The van der Waals surface area contributed by atoms with E-state index < -0.39 is 6.10 Å². The van der Waals surface area contributed by atoms with Crippen molar-refractivity contribution in [3.8, 4) is 0 Å². The van der Waals surface area contributed by atoms with Gasteiger partial charge in [-0.25, -0.2) is 0 Å². The van der Waals surface area contributed by atoms with E-state index in [1.54, 1.807) is 0 Å². The summed E-state index contributed by atoms with van der Waals surface area (Å²) < 4.78 is 16.8. The number of esters is 3. The molecule has 0 radical (unpaired) electrons. The second-order valence-electron chi connectivity index (χ2n) is 17.4. The largest absolute Gasteiger partial charge is 0.462 e. The van der Waals surface area contributed by atoms with Gasteiger partial charge >= 0.3 is 17.9 Å². The maximum Gasteiger partial charge on any atom is 0.306 e. The molecule has 0 aliphatic rings. The molecule has 0 spiro atoms. The van der Waals surface area contributed by atoms with E-state index in [0.29, 0.717) is 19.3 Å². The highest BCUT2D eigenvalue weighted by Crippen LogP contribution is 2.16. The molecule has 0 amide bonds. The molecule has 0 aromatic heterocycles. The van der Waals surface area contributed by atoms with Crippen LogP contribution in [-0.4, -0.2) is 37.2 Å². The van der Waals surface area contributed by atoms with Crippen LogP contribution in [0.2, 0.25) is 0 Å². The minimum Gasteiger partial charge on any atom is -0.462 e. The fraction of sp³-hybridized carbons (Fsp3) is 0.904. The topological polar surface area (TPSA) is 78.9 Å². The first-order valence-corrected chi connectivity index (χ1v) is 25.7. The van der Waals surface area contributed by atoms with Gasteiger partial charge in [0.25, 0.3) is 0 Å². The predicted molar refractivity (Wildman–Crippen MR) is 247 cm³/mol. The average molecular weight is 819 g/mol.